The number of carboxylic acid groups (broad SMARTS) is 1. The van der Waals surface area contributed by atoms with Crippen LogP contribution in [0, 0.1) is 30.6 Å². The maximum atomic E-state index is 13.9. The van der Waals surface area contributed by atoms with E-state index < -0.39 is 60.8 Å². The van der Waals surface area contributed by atoms with E-state index in [0.29, 0.717) is 28.8 Å². The van der Waals surface area contributed by atoms with E-state index in [4.69, 9.17) is 5.73 Å². The van der Waals surface area contributed by atoms with E-state index in [9.17, 15) is 33.9 Å². The van der Waals surface area contributed by atoms with E-state index in [1.54, 1.807) is 30.3 Å². The highest BCUT2D eigenvalue weighted by Gasteiger charge is 2.53. The largest absolute Gasteiger partial charge is 0.481 e. The van der Waals surface area contributed by atoms with Crippen molar-refractivity contribution in [1.82, 2.24) is 14.7 Å². The maximum Gasteiger partial charge on any atom is 0.328 e. The Morgan fingerprint density at radius 2 is 1.57 bits per heavy atom. The molecule has 1 heterocycles. The fourth-order valence-corrected chi connectivity index (χ4v) is 8.20. The number of anilines is 2. The van der Waals surface area contributed by atoms with Gasteiger partial charge < -0.3 is 26.4 Å². The number of para-hydroxylation sites is 1. The van der Waals surface area contributed by atoms with Gasteiger partial charge in [-0.15, -0.1) is 0 Å². The molecule has 2 aromatic rings. The summed E-state index contributed by atoms with van der Waals surface area (Å²) in [6, 6.07) is 11.3. The van der Waals surface area contributed by atoms with Gasteiger partial charge in [-0.05, 0) is 92.0 Å². The standard InChI is InChI=1S/C34H40N6O7/c1-19-4-2-3-5-27(19)37-33(46)36-25-8-6-20(7-9-25)16-38-17-28(41)39(34(38)47)18-29(42)40(32(45)26(35)15-30(43)44)31-23-11-21-10-22(13-23)14-24(31)12-21/h2-9,21-24,26,31H,10-18,35H2,1H3,(H,43,44)(H2,36,37,46)/t21?,22?,23?,24?,26-,31?/m0/s1. The van der Waals surface area contributed by atoms with Crippen molar-refractivity contribution in [2.75, 3.05) is 23.7 Å². The fourth-order valence-electron chi connectivity index (χ4n) is 8.20. The number of hydrogen-bond donors (Lipinski definition) is 4. The SMILES string of the molecule is Cc1ccccc1NC(=O)Nc1ccc(CN2CC(=O)N(CC(=O)N(C(=O)[C@@H](N)CC(=O)O)C3C4CC5CC(C4)CC3C5)C2=O)cc1. The first kappa shape index (κ1) is 32.2. The normalized spacial score (nSPS) is 25.1. The van der Waals surface area contributed by atoms with Crippen molar-refractivity contribution in [2.24, 2.45) is 29.4 Å². The molecule has 4 saturated carbocycles. The van der Waals surface area contributed by atoms with Gasteiger partial charge in [0.25, 0.3) is 5.91 Å². The lowest BCUT2D eigenvalue weighted by molar-refractivity contribution is -0.161. The summed E-state index contributed by atoms with van der Waals surface area (Å²) in [6.07, 6.45) is 4.11. The highest BCUT2D eigenvalue weighted by atomic mass is 16.4. The number of nitrogens with two attached hydrogens (primary N) is 1. The van der Waals surface area contributed by atoms with Crippen molar-refractivity contribution in [3.8, 4) is 0 Å². The number of aliphatic carboxylic acids is 1. The Balaban J connectivity index is 1.10. The molecule has 4 bridgehead atoms. The maximum absolute atomic E-state index is 13.9. The van der Waals surface area contributed by atoms with Gasteiger partial charge in [0.2, 0.25) is 11.8 Å². The van der Waals surface area contributed by atoms with Crippen LogP contribution < -0.4 is 16.4 Å². The first-order valence-electron chi connectivity index (χ1n) is 16.1. The van der Waals surface area contributed by atoms with Gasteiger partial charge in [0.1, 0.15) is 13.1 Å². The smallest absolute Gasteiger partial charge is 0.328 e. The zero-order chi connectivity index (χ0) is 33.4. The number of carbonyl (C=O) groups excluding carboxylic acids is 5. The number of nitrogens with one attached hydrogen (secondary N) is 2. The van der Waals surface area contributed by atoms with Crippen LogP contribution in [0.2, 0.25) is 0 Å². The Morgan fingerprint density at radius 1 is 0.936 bits per heavy atom. The van der Waals surface area contributed by atoms with Crippen LogP contribution in [0.1, 0.15) is 49.7 Å². The van der Waals surface area contributed by atoms with Crippen LogP contribution in [-0.4, -0.2) is 80.7 Å². The third kappa shape index (κ3) is 6.85. The number of amides is 7. The molecule has 0 unspecified atom stereocenters. The second kappa shape index (κ2) is 13.1. The molecule has 0 spiro atoms. The fraction of sp³-hybridized carbons (Fsp3) is 0.471. The molecule has 5 aliphatic rings. The zero-order valence-corrected chi connectivity index (χ0v) is 26.3. The van der Waals surface area contributed by atoms with Gasteiger partial charge in [0.15, 0.2) is 0 Å². The Bertz CT molecular complexity index is 1570. The lowest BCUT2D eigenvalue weighted by Gasteiger charge is -2.56. The van der Waals surface area contributed by atoms with Gasteiger partial charge >= 0.3 is 18.0 Å². The van der Waals surface area contributed by atoms with Crippen LogP contribution in [0.3, 0.4) is 0 Å². The van der Waals surface area contributed by atoms with E-state index >= 15 is 0 Å². The van der Waals surface area contributed by atoms with Gasteiger partial charge in [-0.1, -0.05) is 30.3 Å². The average molecular weight is 645 g/mol. The lowest BCUT2D eigenvalue weighted by Crippen LogP contribution is -2.63. The second-order valence-electron chi connectivity index (χ2n) is 13.4. The molecule has 7 rings (SSSR count). The third-order valence-corrected chi connectivity index (χ3v) is 10.1. The van der Waals surface area contributed by atoms with Crippen molar-refractivity contribution in [3.63, 3.8) is 0 Å². The summed E-state index contributed by atoms with van der Waals surface area (Å²) in [5.41, 5.74) is 8.84. The summed E-state index contributed by atoms with van der Waals surface area (Å²) in [5, 5.41) is 14.8. The number of rotatable bonds is 10. The molecule has 2 aromatic carbocycles. The molecular weight excluding hydrogens is 604 g/mol. The highest BCUT2D eigenvalue weighted by molar-refractivity contribution is 6.07. The number of carboxylic acids is 1. The van der Waals surface area contributed by atoms with Gasteiger partial charge in [-0.3, -0.25) is 29.0 Å². The van der Waals surface area contributed by atoms with Crippen LogP contribution in [0.25, 0.3) is 0 Å². The Kier molecular flexibility index (Phi) is 9.00. The zero-order valence-electron chi connectivity index (χ0n) is 26.3. The average Bonchev–Trinajstić information content (AvgIpc) is 3.27. The van der Waals surface area contributed by atoms with Crippen molar-refractivity contribution in [2.45, 2.75) is 64.1 Å². The lowest BCUT2D eigenvalue weighted by atomic mass is 9.53. The van der Waals surface area contributed by atoms with Crippen molar-refractivity contribution in [3.05, 3.63) is 59.7 Å². The van der Waals surface area contributed by atoms with Gasteiger partial charge in [-0.25, -0.2) is 9.59 Å². The van der Waals surface area contributed by atoms with Crippen LogP contribution in [0.15, 0.2) is 48.5 Å². The Labute approximate surface area is 272 Å². The van der Waals surface area contributed by atoms with Crippen LogP contribution in [-0.2, 0) is 25.7 Å². The van der Waals surface area contributed by atoms with E-state index in [1.807, 2.05) is 25.1 Å². The minimum Gasteiger partial charge on any atom is -0.481 e. The summed E-state index contributed by atoms with van der Waals surface area (Å²) in [7, 11) is 0. The molecule has 47 heavy (non-hydrogen) atoms. The Morgan fingerprint density at radius 3 is 2.19 bits per heavy atom. The molecule has 0 radical (unpaired) electrons. The monoisotopic (exact) mass is 644 g/mol. The molecular formula is C34H40N6O7. The number of imide groups is 2. The minimum absolute atomic E-state index is 0.0899. The predicted octanol–water partition coefficient (Wildman–Crippen LogP) is 3.39. The number of urea groups is 2. The van der Waals surface area contributed by atoms with Crippen LogP contribution >= 0.6 is 0 Å². The first-order chi connectivity index (χ1) is 22.5. The van der Waals surface area contributed by atoms with Crippen molar-refractivity contribution >= 4 is 47.1 Å². The summed E-state index contributed by atoms with van der Waals surface area (Å²) in [4.78, 5) is 80.9. The summed E-state index contributed by atoms with van der Waals surface area (Å²) in [5.74, 6) is -1.98. The Hall–Kier alpha value is -4.78. The quantitative estimate of drug-likeness (QED) is 0.284. The first-order valence-corrected chi connectivity index (χ1v) is 16.1. The highest BCUT2D eigenvalue weighted by Crippen LogP contribution is 2.55. The van der Waals surface area contributed by atoms with Crippen LogP contribution in [0.4, 0.5) is 21.0 Å². The number of benzene rings is 2. The minimum atomic E-state index is -1.42. The van der Waals surface area contributed by atoms with E-state index in [-0.39, 0.29) is 24.9 Å². The molecule has 5 N–H and O–H groups in total. The summed E-state index contributed by atoms with van der Waals surface area (Å²) in [6.45, 7) is 1.12. The molecule has 1 saturated heterocycles. The molecule has 1 aliphatic heterocycles. The molecule has 248 valence electrons. The second-order valence-corrected chi connectivity index (χ2v) is 13.4. The van der Waals surface area contributed by atoms with E-state index in [1.165, 1.54) is 4.90 Å². The molecule has 1 atom stereocenters. The molecule has 5 fully saturated rings. The summed E-state index contributed by atoms with van der Waals surface area (Å²) >= 11 is 0. The number of aryl methyl sites for hydroxylation is 1. The van der Waals surface area contributed by atoms with Gasteiger partial charge in [-0.2, -0.15) is 0 Å². The van der Waals surface area contributed by atoms with Crippen LogP contribution in [0.5, 0.6) is 0 Å². The van der Waals surface area contributed by atoms with Gasteiger partial charge in [0.05, 0.1) is 12.5 Å². The number of nitrogens with zero attached hydrogens (tertiary/aromatic N) is 3. The topological polar surface area (TPSA) is 182 Å². The third-order valence-electron chi connectivity index (χ3n) is 10.1. The van der Waals surface area contributed by atoms with Crippen molar-refractivity contribution < 1.29 is 33.9 Å². The predicted molar refractivity (Wildman–Crippen MR) is 171 cm³/mol. The van der Waals surface area contributed by atoms with E-state index in [2.05, 4.69) is 10.6 Å². The molecule has 7 amide bonds. The number of hydrogen-bond acceptors (Lipinski definition) is 7. The van der Waals surface area contributed by atoms with E-state index in [0.717, 1.165) is 47.5 Å². The van der Waals surface area contributed by atoms with Crippen molar-refractivity contribution in [1.29, 1.82) is 0 Å². The molecule has 4 aliphatic carbocycles. The number of carbonyl (C=O) groups is 6. The molecule has 0 aromatic heterocycles. The molecule has 13 nitrogen and oxygen atoms in total. The summed E-state index contributed by atoms with van der Waals surface area (Å²) < 4.78 is 0. The molecule has 13 heteroatoms. The van der Waals surface area contributed by atoms with Gasteiger partial charge in [0, 0.05) is 24.0 Å².